The molecule has 0 amide bonds. The summed E-state index contributed by atoms with van der Waals surface area (Å²) in [6.45, 7) is 6.57. The van der Waals surface area contributed by atoms with Gasteiger partial charge in [0.1, 0.15) is 5.01 Å². The molecule has 90 valence electrons. The largest absolute Gasteiger partial charge is 0.303 e. The summed E-state index contributed by atoms with van der Waals surface area (Å²) >= 11 is 1.77. The van der Waals surface area contributed by atoms with E-state index < -0.39 is 0 Å². The third-order valence-corrected chi connectivity index (χ3v) is 4.61. The Morgan fingerprint density at radius 3 is 2.56 bits per heavy atom. The van der Waals surface area contributed by atoms with E-state index in [9.17, 15) is 0 Å². The van der Waals surface area contributed by atoms with Crippen molar-refractivity contribution in [3.05, 3.63) is 16.1 Å². The first-order valence-corrected chi connectivity index (χ1v) is 7.16. The summed E-state index contributed by atoms with van der Waals surface area (Å²) in [5, 5.41) is 7.13. The highest BCUT2D eigenvalue weighted by atomic mass is 32.1. The number of aromatic nitrogens is 1. The van der Waals surface area contributed by atoms with E-state index in [1.165, 1.54) is 37.1 Å². The van der Waals surface area contributed by atoms with Crippen LogP contribution in [0.1, 0.15) is 56.7 Å². The summed E-state index contributed by atoms with van der Waals surface area (Å²) in [6, 6.07) is 0.688. The maximum Gasteiger partial charge on any atom is 0.112 e. The van der Waals surface area contributed by atoms with Gasteiger partial charge >= 0.3 is 0 Å². The summed E-state index contributed by atoms with van der Waals surface area (Å²) in [5.74, 6) is 0. The smallest absolute Gasteiger partial charge is 0.112 e. The summed E-state index contributed by atoms with van der Waals surface area (Å²) in [7, 11) is 0. The lowest BCUT2D eigenvalue weighted by Crippen LogP contribution is -2.44. The molecular weight excluding hydrogens is 216 g/mol. The molecular formula is C13H22N2S. The molecule has 1 fully saturated rings. The fourth-order valence-electron chi connectivity index (χ4n) is 2.46. The van der Waals surface area contributed by atoms with E-state index in [0.29, 0.717) is 6.04 Å². The van der Waals surface area contributed by atoms with Crippen LogP contribution in [0.25, 0.3) is 0 Å². The van der Waals surface area contributed by atoms with Crippen molar-refractivity contribution >= 4 is 11.3 Å². The number of hydrogen-bond donors (Lipinski definition) is 1. The van der Waals surface area contributed by atoms with Gasteiger partial charge in [-0.25, -0.2) is 4.98 Å². The second-order valence-corrected chi connectivity index (χ2v) is 6.26. The molecule has 0 spiro atoms. The van der Waals surface area contributed by atoms with Crippen molar-refractivity contribution in [2.24, 2.45) is 0 Å². The molecule has 0 atom stereocenters. The monoisotopic (exact) mass is 238 g/mol. The van der Waals surface area contributed by atoms with Crippen LogP contribution in [-0.4, -0.2) is 11.0 Å². The van der Waals surface area contributed by atoms with Gasteiger partial charge < -0.3 is 5.32 Å². The molecule has 0 saturated heterocycles. The number of nitrogens with one attached hydrogen (secondary N) is 1. The molecule has 1 saturated carbocycles. The molecule has 1 aromatic heterocycles. The van der Waals surface area contributed by atoms with Crippen LogP contribution in [-0.2, 0) is 5.54 Å². The molecule has 0 aromatic carbocycles. The predicted molar refractivity (Wildman–Crippen MR) is 69.9 cm³/mol. The lowest BCUT2D eigenvalue weighted by atomic mass is 9.93. The Bertz CT molecular complexity index is 337. The molecule has 0 radical (unpaired) electrons. The Hall–Kier alpha value is -0.410. The lowest BCUT2D eigenvalue weighted by molar-refractivity contribution is 0.282. The Balaban J connectivity index is 2.01. The molecule has 0 bridgehead atoms. The first kappa shape index (κ1) is 12.1. The van der Waals surface area contributed by atoms with Gasteiger partial charge in [-0.05, 0) is 33.6 Å². The van der Waals surface area contributed by atoms with Gasteiger partial charge in [-0.15, -0.1) is 11.3 Å². The quantitative estimate of drug-likeness (QED) is 0.870. The molecule has 2 rings (SSSR count). The van der Waals surface area contributed by atoms with Crippen LogP contribution in [0.2, 0.25) is 0 Å². The summed E-state index contributed by atoms with van der Waals surface area (Å²) in [4.78, 5) is 4.60. The SMILES string of the molecule is Cc1csc(C(C)(C)NC2CCCCC2)n1. The van der Waals surface area contributed by atoms with Crippen molar-refractivity contribution < 1.29 is 0 Å². The molecule has 1 aromatic rings. The topological polar surface area (TPSA) is 24.9 Å². The lowest BCUT2D eigenvalue weighted by Gasteiger charge is -2.32. The zero-order valence-electron chi connectivity index (χ0n) is 10.5. The number of nitrogens with zero attached hydrogens (tertiary/aromatic N) is 1. The highest BCUT2D eigenvalue weighted by Crippen LogP contribution is 2.27. The maximum atomic E-state index is 4.60. The second-order valence-electron chi connectivity index (χ2n) is 5.40. The average molecular weight is 238 g/mol. The van der Waals surface area contributed by atoms with Crippen molar-refractivity contribution in [1.82, 2.24) is 10.3 Å². The third kappa shape index (κ3) is 2.83. The zero-order chi connectivity index (χ0) is 11.6. The van der Waals surface area contributed by atoms with Gasteiger partial charge in [-0.1, -0.05) is 19.3 Å². The van der Waals surface area contributed by atoms with Crippen LogP contribution >= 0.6 is 11.3 Å². The third-order valence-electron chi connectivity index (χ3n) is 3.32. The molecule has 3 heteroatoms. The average Bonchev–Trinajstić information content (AvgIpc) is 2.66. The van der Waals surface area contributed by atoms with Gasteiger partial charge in [-0.3, -0.25) is 0 Å². The van der Waals surface area contributed by atoms with E-state index in [2.05, 4.69) is 36.5 Å². The molecule has 0 unspecified atom stereocenters. The van der Waals surface area contributed by atoms with Crippen LogP contribution in [0.15, 0.2) is 5.38 Å². The maximum absolute atomic E-state index is 4.60. The van der Waals surface area contributed by atoms with Crippen LogP contribution in [0.3, 0.4) is 0 Å². The highest BCUT2D eigenvalue weighted by Gasteiger charge is 2.27. The van der Waals surface area contributed by atoms with E-state index in [1.54, 1.807) is 11.3 Å². The Labute approximate surface area is 102 Å². The minimum atomic E-state index is 0.0287. The first-order chi connectivity index (χ1) is 7.58. The van der Waals surface area contributed by atoms with Crippen LogP contribution < -0.4 is 5.32 Å². The Kier molecular flexibility index (Phi) is 3.65. The number of aryl methyl sites for hydroxylation is 1. The van der Waals surface area contributed by atoms with Gasteiger partial charge in [0, 0.05) is 17.1 Å². The summed E-state index contributed by atoms with van der Waals surface area (Å²) in [6.07, 6.45) is 6.83. The van der Waals surface area contributed by atoms with Crippen molar-refractivity contribution in [2.75, 3.05) is 0 Å². The zero-order valence-corrected chi connectivity index (χ0v) is 11.4. The van der Waals surface area contributed by atoms with E-state index in [4.69, 9.17) is 0 Å². The van der Waals surface area contributed by atoms with Crippen LogP contribution in [0.5, 0.6) is 0 Å². The van der Waals surface area contributed by atoms with Crippen LogP contribution in [0.4, 0.5) is 0 Å². The van der Waals surface area contributed by atoms with E-state index in [0.717, 1.165) is 5.69 Å². The molecule has 1 aliphatic carbocycles. The van der Waals surface area contributed by atoms with Gasteiger partial charge in [0.05, 0.1) is 5.54 Å². The summed E-state index contributed by atoms with van der Waals surface area (Å²) < 4.78 is 0. The predicted octanol–water partition coefficient (Wildman–Crippen LogP) is 3.61. The van der Waals surface area contributed by atoms with Gasteiger partial charge in [0.25, 0.3) is 0 Å². The normalized spacial score (nSPS) is 18.9. The minimum absolute atomic E-state index is 0.0287. The van der Waals surface area contributed by atoms with E-state index in [1.807, 2.05) is 0 Å². The number of hydrogen-bond acceptors (Lipinski definition) is 3. The number of rotatable bonds is 3. The van der Waals surface area contributed by atoms with Gasteiger partial charge in [0.15, 0.2) is 0 Å². The van der Waals surface area contributed by atoms with E-state index in [-0.39, 0.29) is 5.54 Å². The standard InChI is InChI=1S/C13H22N2S/c1-10-9-16-12(14-10)13(2,3)15-11-7-5-4-6-8-11/h9,11,15H,4-8H2,1-3H3. The molecule has 1 aliphatic rings. The fourth-order valence-corrected chi connectivity index (χ4v) is 3.35. The van der Waals surface area contributed by atoms with E-state index >= 15 is 0 Å². The fraction of sp³-hybridized carbons (Fsp3) is 0.769. The first-order valence-electron chi connectivity index (χ1n) is 6.28. The van der Waals surface area contributed by atoms with Crippen molar-refractivity contribution in [1.29, 1.82) is 0 Å². The van der Waals surface area contributed by atoms with Gasteiger partial charge in [-0.2, -0.15) is 0 Å². The molecule has 1 N–H and O–H groups in total. The Morgan fingerprint density at radius 2 is 2.00 bits per heavy atom. The molecule has 2 nitrogen and oxygen atoms in total. The molecule has 0 aliphatic heterocycles. The van der Waals surface area contributed by atoms with Crippen molar-refractivity contribution in [3.63, 3.8) is 0 Å². The van der Waals surface area contributed by atoms with Crippen molar-refractivity contribution in [3.8, 4) is 0 Å². The van der Waals surface area contributed by atoms with Gasteiger partial charge in [0.2, 0.25) is 0 Å². The molecule has 16 heavy (non-hydrogen) atoms. The minimum Gasteiger partial charge on any atom is -0.303 e. The van der Waals surface area contributed by atoms with Crippen molar-refractivity contribution in [2.45, 2.75) is 64.5 Å². The summed E-state index contributed by atoms with van der Waals surface area (Å²) in [5.41, 5.74) is 1.17. The molecule has 1 heterocycles. The Morgan fingerprint density at radius 1 is 1.31 bits per heavy atom. The second kappa shape index (κ2) is 4.84. The number of thiazole rings is 1. The highest BCUT2D eigenvalue weighted by molar-refractivity contribution is 7.09. The van der Waals surface area contributed by atoms with Crippen LogP contribution in [0, 0.1) is 6.92 Å².